The van der Waals surface area contributed by atoms with Crippen LogP contribution in [-0.4, -0.2) is 39.3 Å². The number of fused-ring (bicyclic) bond motifs is 1. The quantitative estimate of drug-likeness (QED) is 0.343. The Bertz CT molecular complexity index is 945. The molecule has 0 aliphatic rings. The third kappa shape index (κ3) is 4.86. The summed E-state index contributed by atoms with van der Waals surface area (Å²) in [6, 6.07) is 8.11. The van der Waals surface area contributed by atoms with Crippen LogP contribution in [0.4, 0.5) is 0 Å². The Hall–Kier alpha value is -2.48. The van der Waals surface area contributed by atoms with Crippen molar-refractivity contribution in [3.8, 4) is 0 Å². The summed E-state index contributed by atoms with van der Waals surface area (Å²) in [6.07, 6.45) is 3.20. The second-order valence-corrected chi connectivity index (χ2v) is 7.65. The minimum atomic E-state index is 0.467. The number of aryl methyl sites for hydroxylation is 2. The Morgan fingerprint density at radius 2 is 2.04 bits per heavy atom. The molecule has 0 radical (unpaired) electrons. The number of thioether (sulfide) groups is 1. The SMILES string of the molecule is CSCCCNC(=NCc1nnc(C)n1C)NCc1oc2ccccc2c1C. The van der Waals surface area contributed by atoms with Crippen LogP contribution in [0.5, 0.6) is 0 Å². The van der Waals surface area contributed by atoms with Crippen molar-refractivity contribution in [2.75, 3.05) is 18.6 Å². The minimum absolute atomic E-state index is 0.467. The number of hydrogen-bond acceptors (Lipinski definition) is 5. The van der Waals surface area contributed by atoms with Gasteiger partial charge in [0, 0.05) is 24.5 Å². The molecule has 0 spiro atoms. The fourth-order valence-corrected chi connectivity index (χ4v) is 3.33. The highest BCUT2D eigenvalue weighted by atomic mass is 32.2. The predicted octanol–water partition coefficient (Wildman–Crippen LogP) is 3.17. The number of rotatable bonds is 8. The molecule has 2 aromatic heterocycles. The molecule has 0 amide bonds. The highest BCUT2D eigenvalue weighted by molar-refractivity contribution is 7.98. The molecule has 0 atom stereocenters. The van der Waals surface area contributed by atoms with E-state index < -0.39 is 0 Å². The van der Waals surface area contributed by atoms with Gasteiger partial charge in [0.15, 0.2) is 11.8 Å². The third-order valence-electron chi connectivity index (χ3n) is 4.74. The maximum absolute atomic E-state index is 6.00. The highest BCUT2D eigenvalue weighted by Crippen LogP contribution is 2.24. The molecule has 0 bridgehead atoms. The average molecular weight is 401 g/mol. The fourth-order valence-electron chi connectivity index (χ4n) is 2.89. The fraction of sp³-hybridized carbons (Fsp3) is 0.450. The topological polar surface area (TPSA) is 80.3 Å². The molecule has 3 rings (SSSR count). The molecule has 2 heterocycles. The Kier molecular flexibility index (Phi) is 6.97. The number of guanidine groups is 1. The van der Waals surface area contributed by atoms with Gasteiger partial charge in [0.05, 0.1) is 6.54 Å². The van der Waals surface area contributed by atoms with Gasteiger partial charge < -0.3 is 19.6 Å². The van der Waals surface area contributed by atoms with E-state index in [4.69, 9.17) is 4.42 Å². The maximum atomic E-state index is 6.00. The van der Waals surface area contributed by atoms with Crippen LogP contribution in [0.15, 0.2) is 33.7 Å². The Morgan fingerprint density at radius 1 is 1.21 bits per heavy atom. The molecule has 0 saturated heterocycles. The van der Waals surface area contributed by atoms with E-state index >= 15 is 0 Å². The van der Waals surface area contributed by atoms with Crippen molar-refractivity contribution in [3.63, 3.8) is 0 Å². The molecule has 0 aliphatic heterocycles. The van der Waals surface area contributed by atoms with Gasteiger partial charge in [-0.1, -0.05) is 18.2 Å². The lowest BCUT2D eigenvalue weighted by atomic mass is 10.1. The minimum Gasteiger partial charge on any atom is -0.459 e. The molecule has 0 aliphatic carbocycles. The molecule has 1 aromatic carbocycles. The Labute approximate surface area is 170 Å². The van der Waals surface area contributed by atoms with Gasteiger partial charge in [-0.15, -0.1) is 10.2 Å². The zero-order chi connectivity index (χ0) is 19.9. The standard InChI is InChI=1S/C20H28N6OS/c1-14-16-8-5-6-9-17(16)27-18(14)12-22-20(21-10-7-11-28-4)23-13-19-25-24-15(2)26(19)3/h5-6,8-9H,7,10-13H2,1-4H3,(H2,21,22,23). The van der Waals surface area contributed by atoms with Gasteiger partial charge in [-0.05, 0) is 38.3 Å². The molecule has 150 valence electrons. The smallest absolute Gasteiger partial charge is 0.192 e. The lowest BCUT2D eigenvalue weighted by Crippen LogP contribution is -2.37. The second kappa shape index (κ2) is 9.64. The van der Waals surface area contributed by atoms with E-state index in [-0.39, 0.29) is 0 Å². The Balaban J connectivity index is 1.69. The molecule has 7 nitrogen and oxygen atoms in total. The maximum Gasteiger partial charge on any atom is 0.192 e. The zero-order valence-electron chi connectivity index (χ0n) is 17.0. The second-order valence-electron chi connectivity index (χ2n) is 6.66. The monoisotopic (exact) mass is 400 g/mol. The number of hydrogen-bond donors (Lipinski definition) is 2. The molecule has 0 saturated carbocycles. The Morgan fingerprint density at radius 3 is 2.75 bits per heavy atom. The number of furan rings is 1. The van der Waals surface area contributed by atoms with Crippen molar-refractivity contribution < 1.29 is 4.42 Å². The first-order chi connectivity index (χ1) is 13.6. The first-order valence-electron chi connectivity index (χ1n) is 9.43. The number of aliphatic imine (C=N–C) groups is 1. The van der Waals surface area contributed by atoms with Crippen LogP contribution in [0.1, 0.15) is 29.4 Å². The first-order valence-corrected chi connectivity index (χ1v) is 10.8. The van der Waals surface area contributed by atoms with Crippen LogP contribution in [0.3, 0.4) is 0 Å². The zero-order valence-corrected chi connectivity index (χ0v) is 17.8. The molecular formula is C20H28N6OS. The molecule has 3 aromatic rings. The molecule has 2 N–H and O–H groups in total. The number of nitrogens with zero attached hydrogens (tertiary/aromatic N) is 4. The van der Waals surface area contributed by atoms with Crippen molar-refractivity contribution in [3.05, 3.63) is 47.2 Å². The van der Waals surface area contributed by atoms with Crippen LogP contribution in [0, 0.1) is 13.8 Å². The van der Waals surface area contributed by atoms with E-state index in [9.17, 15) is 0 Å². The van der Waals surface area contributed by atoms with E-state index in [1.807, 2.05) is 48.5 Å². The molecule has 28 heavy (non-hydrogen) atoms. The van der Waals surface area contributed by atoms with E-state index in [2.05, 4.69) is 45.1 Å². The van der Waals surface area contributed by atoms with Crippen molar-refractivity contribution in [2.24, 2.45) is 12.0 Å². The van der Waals surface area contributed by atoms with E-state index in [0.717, 1.165) is 58.6 Å². The van der Waals surface area contributed by atoms with Crippen molar-refractivity contribution in [1.82, 2.24) is 25.4 Å². The largest absolute Gasteiger partial charge is 0.459 e. The third-order valence-corrected chi connectivity index (χ3v) is 5.43. The van der Waals surface area contributed by atoms with Crippen LogP contribution >= 0.6 is 11.8 Å². The summed E-state index contributed by atoms with van der Waals surface area (Å²) >= 11 is 1.85. The summed E-state index contributed by atoms with van der Waals surface area (Å²) in [7, 11) is 1.96. The van der Waals surface area contributed by atoms with E-state index in [1.54, 1.807) is 0 Å². The van der Waals surface area contributed by atoms with E-state index in [1.165, 1.54) is 0 Å². The van der Waals surface area contributed by atoms with Crippen LogP contribution in [-0.2, 0) is 20.1 Å². The van der Waals surface area contributed by atoms with Gasteiger partial charge in [-0.3, -0.25) is 0 Å². The van der Waals surface area contributed by atoms with Crippen LogP contribution in [0.25, 0.3) is 11.0 Å². The van der Waals surface area contributed by atoms with Gasteiger partial charge in [0.25, 0.3) is 0 Å². The van der Waals surface area contributed by atoms with Gasteiger partial charge >= 0.3 is 0 Å². The molecule has 8 heteroatoms. The van der Waals surface area contributed by atoms with Crippen LogP contribution < -0.4 is 10.6 Å². The molecule has 0 unspecified atom stereocenters. The van der Waals surface area contributed by atoms with Crippen molar-refractivity contribution >= 4 is 28.7 Å². The van der Waals surface area contributed by atoms with E-state index in [0.29, 0.717) is 13.1 Å². The summed E-state index contributed by atoms with van der Waals surface area (Å²) in [4.78, 5) is 4.69. The van der Waals surface area contributed by atoms with Gasteiger partial charge in [-0.25, -0.2) is 4.99 Å². The highest BCUT2D eigenvalue weighted by Gasteiger charge is 2.11. The molecule has 0 fully saturated rings. The summed E-state index contributed by atoms with van der Waals surface area (Å²) in [5.41, 5.74) is 2.08. The number of nitrogens with one attached hydrogen (secondary N) is 2. The number of aromatic nitrogens is 3. The van der Waals surface area contributed by atoms with Crippen molar-refractivity contribution in [1.29, 1.82) is 0 Å². The summed E-state index contributed by atoms with van der Waals surface area (Å²) < 4.78 is 7.96. The summed E-state index contributed by atoms with van der Waals surface area (Å²) in [6.45, 7) is 5.93. The average Bonchev–Trinajstić information content (AvgIpc) is 3.20. The van der Waals surface area contributed by atoms with Gasteiger partial charge in [-0.2, -0.15) is 11.8 Å². The number of benzene rings is 1. The van der Waals surface area contributed by atoms with Crippen LogP contribution in [0.2, 0.25) is 0 Å². The first kappa shape index (κ1) is 20.3. The lowest BCUT2D eigenvalue weighted by Gasteiger charge is -2.12. The van der Waals surface area contributed by atoms with Gasteiger partial charge in [0.1, 0.15) is 23.7 Å². The number of para-hydroxylation sites is 1. The van der Waals surface area contributed by atoms with Crippen molar-refractivity contribution in [2.45, 2.75) is 33.4 Å². The van der Waals surface area contributed by atoms with Gasteiger partial charge in [0.2, 0.25) is 0 Å². The lowest BCUT2D eigenvalue weighted by molar-refractivity contribution is 0.534. The summed E-state index contributed by atoms with van der Waals surface area (Å²) in [5, 5.41) is 16.2. The normalized spacial score (nSPS) is 11.9. The molecular weight excluding hydrogens is 372 g/mol. The predicted molar refractivity (Wildman–Crippen MR) is 116 cm³/mol. The summed E-state index contributed by atoms with van der Waals surface area (Å²) in [5.74, 6) is 4.51.